The molecule has 0 radical (unpaired) electrons. The molecule has 3 aromatic heterocycles. The van der Waals surface area contributed by atoms with Crippen LogP contribution in [-0.2, 0) is 4.79 Å². The number of nitrogens with one attached hydrogen (secondary N) is 1. The molecular weight excluding hydrogens is 338 g/mol. The van der Waals surface area contributed by atoms with Gasteiger partial charge in [-0.3, -0.25) is 4.79 Å². The van der Waals surface area contributed by atoms with Crippen molar-refractivity contribution in [1.82, 2.24) is 19.7 Å². The van der Waals surface area contributed by atoms with E-state index in [0.717, 1.165) is 54.9 Å². The second kappa shape index (κ2) is 7.55. The summed E-state index contributed by atoms with van der Waals surface area (Å²) >= 11 is 0. The molecule has 27 heavy (non-hydrogen) atoms. The molecule has 0 unspecified atom stereocenters. The van der Waals surface area contributed by atoms with Crippen LogP contribution in [0.1, 0.15) is 33.1 Å². The van der Waals surface area contributed by atoms with Gasteiger partial charge in [0.15, 0.2) is 11.5 Å². The summed E-state index contributed by atoms with van der Waals surface area (Å²) in [6.45, 7) is 6.74. The molecule has 1 aliphatic heterocycles. The zero-order chi connectivity index (χ0) is 18.8. The maximum atomic E-state index is 12.6. The number of amides is 1. The lowest BCUT2D eigenvalue weighted by Crippen LogP contribution is -2.43. The van der Waals surface area contributed by atoms with Crippen LogP contribution >= 0.6 is 0 Å². The molecule has 142 valence electrons. The molecule has 4 rings (SSSR count). The van der Waals surface area contributed by atoms with E-state index in [2.05, 4.69) is 39.5 Å². The second-order valence-electron chi connectivity index (χ2n) is 7.80. The number of carbonyl (C=O) groups is 1. The number of hydrogen-bond donors (Lipinski definition) is 1. The molecule has 0 spiro atoms. The molecule has 0 aromatic carbocycles. The zero-order valence-corrected chi connectivity index (χ0v) is 16.1. The van der Waals surface area contributed by atoms with Crippen LogP contribution in [0.2, 0.25) is 0 Å². The van der Waals surface area contributed by atoms with Crippen LogP contribution in [0, 0.1) is 11.8 Å². The summed E-state index contributed by atoms with van der Waals surface area (Å²) in [6.07, 6.45) is 6.77. The average Bonchev–Trinajstić information content (AvgIpc) is 3.17. The van der Waals surface area contributed by atoms with Crippen LogP contribution in [0.25, 0.3) is 16.7 Å². The topological polar surface area (TPSA) is 62.5 Å². The maximum Gasteiger partial charge on any atom is 0.224 e. The van der Waals surface area contributed by atoms with Crippen molar-refractivity contribution in [1.29, 1.82) is 0 Å². The maximum absolute atomic E-state index is 12.6. The minimum atomic E-state index is 0.0159. The molecule has 1 aliphatic rings. The molecule has 1 saturated heterocycles. The number of piperidine rings is 1. The number of anilines is 1. The molecule has 6 nitrogen and oxygen atoms in total. The van der Waals surface area contributed by atoms with E-state index in [4.69, 9.17) is 4.98 Å². The van der Waals surface area contributed by atoms with E-state index in [0.29, 0.717) is 12.5 Å². The normalized spacial score (nSPS) is 17.7. The number of nitrogens with zero attached hydrogens (tertiary/aromatic N) is 4. The van der Waals surface area contributed by atoms with Gasteiger partial charge in [-0.15, -0.1) is 0 Å². The van der Waals surface area contributed by atoms with E-state index < -0.39 is 0 Å². The first-order valence-electron chi connectivity index (χ1n) is 9.88. The highest BCUT2D eigenvalue weighted by Crippen LogP contribution is 2.28. The number of rotatable bonds is 5. The Labute approximate surface area is 159 Å². The van der Waals surface area contributed by atoms with Crippen LogP contribution in [0.3, 0.4) is 0 Å². The van der Waals surface area contributed by atoms with Crippen LogP contribution in [0.5, 0.6) is 0 Å². The second-order valence-corrected chi connectivity index (χ2v) is 7.80. The predicted octanol–water partition coefficient (Wildman–Crippen LogP) is 3.26. The third-order valence-electron chi connectivity index (χ3n) is 5.33. The van der Waals surface area contributed by atoms with Gasteiger partial charge in [0.25, 0.3) is 0 Å². The van der Waals surface area contributed by atoms with Crippen molar-refractivity contribution in [2.45, 2.75) is 33.1 Å². The Hall–Kier alpha value is -2.63. The molecule has 1 fully saturated rings. The van der Waals surface area contributed by atoms with E-state index in [1.165, 1.54) is 0 Å². The largest absolute Gasteiger partial charge is 0.356 e. The van der Waals surface area contributed by atoms with Gasteiger partial charge >= 0.3 is 0 Å². The molecule has 0 aliphatic carbocycles. The van der Waals surface area contributed by atoms with E-state index in [1.807, 2.05) is 24.4 Å². The molecule has 6 heteroatoms. The molecule has 4 heterocycles. The number of pyridine rings is 1. The number of fused-ring (bicyclic) bond motifs is 3. The summed E-state index contributed by atoms with van der Waals surface area (Å²) in [6, 6.07) is 8.09. The Morgan fingerprint density at radius 2 is 2.15 bits per heavy atom. The van der Waals surface area contributed by atoms with Crippen LogP contribution in [-0.4, -0.2) is 39.9 Å². The quantitative estimate of drug-likeness (QED) is 0.754. The molecule has 1 atom stereocenters. The van der Waals surface area contributed by atoms with Crippen molar-refractivity contribution in [3.05, 3.63) is 36.7 Å². The first-order chi connectivity index (χ1) is 13.1. The van der Waals surface area contributed by atoms with Gasteiger partial charge in [-0.1, -0.05) is 13.8 Å². The van der Waals surface area contributed by atoms with Crippen molar-refractivity contribution in [3.63, 3.8) is 0 Å². The van der Waals surface area contributed by atoms with Crippen LogP contribution < -0.4 is 10.2 Å². The summed E-state index contributed by atoms with van der Waals surface area (Å²) < 4.78 is 2.14. The highest BCUT2D eigenvalue weighted by molar-refractivity contribution is 5.84. The third-order valence-corrected chi connectivity index (χ3v) is 5.33. The third kappa shape index (κ3) is 3.61. The molecule has 0 saturated carbocycles. The van der Waals surface area contributed by atoms with Crippen molar-refractivity contribution in [2.75, 3.05) is 24.5 Å². The Morgan fingerprint density at radius 1 is 1.30 bits per heavy atom. The number of hydrogen-bond acceptors (Lipinski definition) is 4. The summed E-state index contributed by atoms with van der Waals surface area (Å²) in [5, 5.41) is 3.11. The van der Waals surface area contributed by atoms with Gasteiger partial charge in [-0.2, -0.15) is 0 Å². The van der Waals surface area contributed by atoms with Crippen molar-refractivity contribution in [2.24, 2.45) is 11.8 Å². The Kier molecular flexibility index (Phi) is 4.97. The van der Waals surface area contributed by atoms with Crippen molar-refractivity contribution >= 4 is 28.4 Å². The predicted molar refractivity (Wildman–Crippen MR) is 108 cm³/mol. The van der Waals surface area contributed by atoms with E-state index in [1.54, 1.807) is 6.20 Å². The van der Waals surface area contributed by atoms with E-state index in [-0.39, 0.29) is 11.8 Å². The lowest BCUT2D eigenvalue weighted by molar-refractivity contribution is -0.125. The van der Waals surface area contributed by atoms with Crippen molar-refractivity contribution < 1.29 is 4.79 Å². The highest BCUT2D eigenvalue weighted by Gasteiger charge is 2.27. The number of carbonyl (C=O) groups excluding carboxylic acids is 1. The lowest BCUT2D eigenvalue weighted by atomic mass is 9.97. The first kappa shape index (κ1) is 17.8. The van der Waals surface area contributed by atoms with Gasteiger partial charge in [0.1, 0.15) is 0 Å². The van der Waals surface area contributed by atoms with Gasteiger partial charge in [0, 0.05) is 32.0 Å². The lowest BCUT2D eigenvalue weighted by Gasteiger charge is -2.33. The molecule has 0 bridgehead atoms. The smallest absolute Gasteiger partial charge is 0.224 e. The van der Waals surface area contributed by atoms with Gasteiger partial charge in [0.2, 0.25) is 5.91 Å². The Morgan fingerprint density at radius 3 is 3.00 bits per heavy atom. The SMILES string of the molecule is CC(C)CCNC(=O)[C@H]1CCCN(c2nc3ncccc3n3cccc23)C1. The molecular formula is C21H27N5O. The summed E-state index contributed by atoms with van der Waals surface area (Å²) in [5.41, 5.74) is 2.80. The standard InChI is InChI=1S/C21H27N5O/c1-15(2)9-11-23-21(27)16-6-4-12-25(14-16)20-18-8-5-13-26(18)17-7-3-10-22-19(17)24-20/h3,5,7-8,10,13,15-16H,4,6,9,11-12,14H2,1-2H3,(H,23,27)/t16-/m0/s1. The van der Waals surface area contributed by atoms with Crippen LogP contribution in [0.4, 0.5) is 5.82 Å². The molecule has 3 aromatic rings. The minimum Gasteiger partial charge on any atom is -0.356 e. The van der Waals surface area contributed by atoms with Crippen molar-refractivity contribution in [3.8, 4) is 0 Å². The Balaban J connectivity index is 1.57. The highest BCUT2D eigenvalue weighted by atomic mass is 16.1. The fraction of sp³-hybridized carbons (Fsp3) is 0.476. The van der Waals surface area contributed by atoms with Gasteiger partial charge in [-0.25, -0.2) is 9.97 Å². The van der Waals surface area contributed by atoms with E-state index in [9.17, 15) is 4.79 Å². The summed E-state index contributed by atoms with van der Waals surface area (Å²) in [5.74, 6) is 1.71. The molecule has 1 N–H and O–H groups in total. The number of aromatic nitrogens is 3. The van der Waals surface area contributed by atoms with E-state index >= 15 is 0 Å². The van der Waals surface area contributed by atoms with Gasteiger partial charge in [-0.05, 0) is 49.4 Å². The summed E-state index contributed by atoms with van der Waals surface area (Å²) in [4.78, 5) is 24.1. The fourth-order valence-electron chi connectivity index (χ4n) is 3.84. The van der Waals surface area contributed by atoms with Gasteiger partial charge < -0.3 is 14.6 Å². The van der Waals surface area contributed by atoms with Crippen LogP contribution in [0.15, 0.2) is 36.7 Å². The summed E-state index contributed by atoms with van der Waals surface area (Å²) in [7, 11) is 0. The Bertz CT molecular complexity index is 948. The fourth-order valence-corrected chi connectivity index (χ4v) is 3.84. The minimum absolute atomic E-state index is 0.0159. The molecule has 1 amide bonds. The zero-order valence-electron chi connectivity index (χ0n) is 16.1. The first-order valence-corrected chi connectivity index (χ1v) is 9.88. The van der Waals surface area contributed by atoms with Gasteiger partial charge in [0.05, 0.1) is 17.0 Å². The average molecular weight is 365 g/mol. The monoisotopic (exact) mass is 365 g/mol.